The lowest BCUT2D eigenvalue weighted by Crippen LogP contribution is -2.58. The van der Waals surface area contributed by atoms with Crippen LogP contribution >= 0.6 is 11.8 Å². The highest BCUT2D eigenvalue weighted by Crippen LogP contribution is 2.06. The number of aliphatic hydroxyl groups is 1. The first kappa shape index (κ1) is 30.7. The van der Waals surface area contributed by atoms with Gasteiger partial charge in [-0.2, -0.15) is 11.8 Å². The molecule has 0 fully saturated rings. The summed E-state index contributed by atoms with van der Waals surface area (Å²) in [5, 5.41) is 26.1. The number of carboxylic acids is 1. The third-order valence-corrected chi connectivity index (χ3v) is 5.59. The molecule has 0 aliphatic heterocycles. The molecule has 202 valence electrons. The molecule has 3 amide bonds. The number of nitrogens with one attached hydrogen (secondary N) is 4. The number of nitrogens with two attached hydrogens (primary N) is 3. The molecule has 0 saturated carbocycles. The first-order chi connectivity index (χ1) is 17.1. The molecule has 4 unspecified atom stereocenters. The Morgan fingerprint density at radius 3 is 2.28 bits per heavy atom. The third-order valence-electron chi connectivity index (χ3n) is 4.95. The zero-order valence-electron chi connectivity index (χ0n) is 20.0. The molecule has 1 aromatic rings. The van der Waals surface area contributed by atoms with Gasteiger partial charge in [0.15, 0.2) is 5.96 Å². The Balaban J connectivity index is 2.95. The van der Waals surface area contributed by atoms with E-state index < -0.39 is 54.5 Å². The van der Waals surface area contributed by atoms with Crippen molar-refractivity contribution in [1.29, 1.82) is 0 Å². The number of aliphatic hydroxyl groups excluding tert-OH is 1. The number of aliphatic carboxylic acids is 1. The summed E-state index contributed by atoms with van der Waals surface area (Å²) in [7, 11) is 0. The summed E-state index contributed by atoms with van der Waals surface area (Å²) < 4.78 is 0. The first-order valence-corrected chi connectivity index (χ1v) is 12.5. The minimum Gasteiger partial charge on any atom is -0.480 e. The van der Waals surface area contributed by atoms with Crippen LogP contribution in [0.5, 0.6) is 0 Å². The maximum Gasteiger partial charge on any atom is 0.326 e. The summed E-state index contributed by atoms with van der Waals surface area (Å²) >= 11 is 1.44. The Morgan fingerprint density at radius 1 is 1.08 bits per heavy atom. The molecule has 1 heterocycles. The fourth-order valence-electron chi connectivity index (χ4n) is 3.00. The number of thioether (sulfide) groups is 1. The van der Waals surface area contributed by atoms with Crippen LogP contribution in [0, 0.1) is 0 Å². The molecule has 0 aliphatic rings. The molecule has 0 aromatic carbocycles. The Kier molecular flexibility index (Phi) is 13.9. The van der Waals surface area contributed by atoms with Crippen LogP contribution in [0.4, 0.5) is 0 Å². The molecule has 4 atom stereocenters. The summed E-state index contributed by atoms with van der Waals surface area (Å²) in [4.78, 5) is 60.4. The molecule has 12 N–H and O–H groups in total. The van der Waals surface area contributed by atoms with E-state index in [1.807, 2.05) is 6.26 Å². The number of nitrogens with zero attached hydrogens (tertiary/aromatic N) is 2. The molecular weight excluding hydrogens is 494 g/mol. The summed E-state index contributed by atoms with van der Waals surface area (Å²) in [6.07, 6.45) is 5.28. The van der Waals surface area contributed by atoms with Gasteiger partial charge in [-0.1, -0.05) is 0 Å². The highest BCUT2D eigenvalue weighted by Gasteiger charge is 2.30. The van der Waals surface area contributed by atoms with Gasteiger partial charge in [0.1, 0.15) is 24.2 Å². The van der Waals surface area contributed by atoms with E-state index in [1.165, 1.54) is 24.3 Å². The lowest BCUT2D eigenvalue weighted by atomic mass is 10.1. The van der Waals surface area contributed by atoms with Crippen molar-refractivity contribution in [2.75, 3.05) is 25.2 Å². The fraction of sp³-hybridized carbons (Fsp3) is 0.600. The number of hydrogen-bond acceptors (Lipinski definition) is 9. The number of imidazole rings is 1. The second kappa shape index (κ2) is 16.3. The maximum atomic E-state index is 13.1. The van der Waals surface area contributed by atoms with E-state index in [4.69, 9.17) is 22.3 Å². The fourth-order valence-corrected chi connectivity index (χ4v) is 3.47. The van der Waals surface area contributed by atoms with Crippen LogP contribution in [0.3, 0.4) is 0 Å². The lowest BCUT2D eigenvalue weighted by Gasteiger charge is -2.25. The van der Waals surface area contributed by atoms with E-state index in [0.29, 0.717) is 17.9 Å². The lowest BCUT2D eigenvalue weighted by molar-refractivity contribution is -0.142. The topological polar surface area (TPSA) is 264 Å². The van der Waals surface area contributed by atoms with E-state index in [0.717, 1.165) is 0 Å². The average Bonchev–Trinajstić information content (AvgIpc) is 3.35. The smallest absolute Gasteiger partial charge is 0.326 e. The van der Waals surface area contributed by atoms with Crippen LogP contribution in [-0.4, -0.2) is 99.2 Å². The Morgan fingerprint density at radius 2 is 1.72 bits per heavy atom. The van der Waals surface area contributed by atoms with E-state index in [1.54, 1.807) is 0 Å². The summed E-state index contributed by atoms with van der Waals surface area (Å²) in [5.74, 6) is -3.01. The summed E-state index contributed by atoms with van der Waals surface area (Å²) in [6, 6.07) is -4.68. The Labute approximate surface area is 212 Å². The molecule has 0 radical (unpaired) electrons. The van der Waals surface area contributed by atoms with Gasteiger partial charge in [-0.3, -0.25) is 19.4 Å². The van der Waals surface area contributed by atoms with Crippen LogP contribution in [-0.2, 0) is 25.6 Å². The highest BCUT2D eigenvalue weighted by atomic mass is 32.2. The van der Waals surface area contributed by atoms with Crippen LogP contribution < -0.4 is 33.2 Å². The minimum absolute atomic E-state index is 0.00906. The number of rotatable bonds is 17. The van der Waals surface area contributed by atoms with Gasteiger partial charge in [-0.15, -0.1) is 0 Å². The van der Waals surface area contributed by atoms with Crippen molar-refractivity contribution >= 4 is 41.4 Å². The predicted octanol–water partition coefficient (Wildman–Crippen LogP) is -3.38. The summed E-state index contributed by atoms with van der Waals surface area (Å²) in [6.45, 7) is -0.428. The maximum absolute atomic E-state index is 13.1. The third kappa shape index (κ3) is 11.4. The molecule has 0 aliphatic carbocycles. The quantitative estimate of drug-likeness (QED) is 0.0545. The van der Waals surface area contributed by atoms with Crippen molar-refractivity contribution in [3.05, 3.63) is 18.2 Å². The monoisotopic (exact) mass is 529 g/mol. The molecule has 0 saturated heterocycles. The largest absolute Gasteiger partial charge is 0.480 e. The van der Waals surface area contributed by atoms with Gasteiger partial charge in [0.2, 0.25) is 17.7 Å². The standard InChI is InChI=1S/C20H35N9O6S/c1-36-6-4-13(17(32)28-14(19(34)35)3-2-5-25-20(22)23)27-18(33)15(7-11-8-24-10-26-11)29-16(31)12(21)9-30/h8,10,12-15,30H,2-7,9,21H2,1H3,(H,24,26)(H,27,33)(H,28,32)(H,29,31)(H,34,35)(H4,22,23,25). The van der Waals surface area contributed by atoms with Gasteiger partial charge >= 0.3 is 5.97 Å². The van der Waals surface area contributed by atoms with Gasteiger partial charge < -0.3 is 48.3 Å². The predicted molar refractivity (Wildman–Crippen MR) is 134 cm³/mol. The molecular formula is C20H35N9O6S. The van der Waals surface area contributed by atoms with Gasteiger partial charge in [-0.05, 0) is 31.3 Å². The average molecular weight is 530 g/mol. The second-order valence-corrected chi connectivity index (χ2v) is 8.81. The highest BCUT2D eigenvalue weighted by molar-refractivity contribution is 7.98. The number of H-pyrrole nitrogens is 1. The van der Waals surface area contributed by atoms with E-state index in [-0.39, 0.29) is 31.8 Å². The molecule has 16 heteroatoms. The molecule has 1 aromatic heterocycles. The van der Waals surface area contributed by atoms with Crippen LogP contribution in [0.15, 0.2) is 17.5 Å². The van der Waals surface area contributed by atoms with Crippen molar-refractivity contribution in [2.45, 2.75) is 49.9 Å². The van der Waals surface area contributed by atoms with Crippen molar-refractivity contribution in [1.82, 2.24) is 25.9 Å². The van der Waals surface area contributed by atoms with E-state index >= 15 is 0 Å². The Hall–Kier alpha value is -3.37. The van der Waals surface area contributed by atoms with Gasteiger partial charge in [0, 0.05) is 24.9 Å². The van der Waals surface area contributed by atoms with Crippen molar-refractivity contribution in [3.63, 3.8) is 0 Å². The number of guanidine groups is 1. The van der Waals surface area contributed by atoms with E-state index in [2.05, 4.69) is 30.9 Å². The molecule has 1 rings (SSSR count). The van der Waals surface area contributed by atoms with Crippen LogP contribution in [0.2, 0.25) is 0 Å². The van der Waals surface area contributed by atoms with Crippen LogP contribution in [0.1, 0.15) is 25.0 Å². The normalized spacial score (nSPS) is 14.1. The van der Waals surface area contributed by atoms with Gasteiger partial charge in [0.05, 0.1) is 12.9 Å². The summed E-state index contributed by atoms with van der Waals surface area (Å²) in [5.41, 5.74) is 16.6. The zero-order valence-corrected chi connectivity index (χ0v) is 20.8. The molecule has 15 nitrogen and oxygen atoms in total. The zero-order chi connectivity index (χ0) is 27.1. The van der Waals surface area contributed by atoms with Crippen molar-refractivity contribution < 1.29 is 29.4 Å². The number of aliphatic imine (C=N–C) groups is 1. The number of carboxylic acid groups (broad SMARTS) is 1. The number of hydrogen-bond donors (Lipinski definition) is 9. The molecule has 0 bridgehead atoms. The molecule has 36 heavy (non-hydrogen) atoms. The van der Waals surface area contributed by atoms with Gasteiger partial charge in [0.25, 0.3) is 0 Å². The Bertz CT molecular complexity index is 879. The minimum atomic E-state index is -1.25. The molecule has 0 spiro atoms. The number of aromatic amines is 1. The second-order valence-electron chi connectivity index (χ2n) is 7.82. The van der Waals surface area contributed by atoms with Gasteiger partial charge in [-0.25, -0.2) is 9.78 Å². The van der Waals surface area contributed by atoms with Crippen molar-refractivity contribution in [3.8, 4) is 0 Å². The number of amides is 3. The first-order valence-electron chi connectivity index (χ1n) is 11.1. The number of carbonyl (C=O) groups excluding carboxylic acids is 3. The number of carbonyl (C=O) groups is 4. The van der Waals surface area contributed by atoms with Crippen molar-refractivity contribution in [2.24, 2.45) is 22.2 Å². The van der Waals surface area contributed by atoms with E-state index in [9.17, 15) is 24.3 Å². The number of aromatic nitrogens is 2. The SMILES string of the molecule is CSCCC(NC(=O)C(Cc1cnc[nH]1)NC(=O)C(N)CO)C(=O)NC(CCCN=C(N)N)C(=O)O. The van der Waals surface area contributed by atoms with Crippen LogP contribution in [0.25, 0.3) is 0 Å².